The first-order valence-corrected chi connectivity index (χ1v) is 8.12. The fraction of sp³-hybridized carbons (Fsp3) is 0.556. The van der Waals surface area contributed by atoms with E-state index in [2.05, 4.69) is 22.8 Å². The number of nitrogens with one attached hydrogen (secondary N) is 2. The summed E-state index contributed by atoms with van der Waals surface area (Å²) in [5.41, 5.74) is 4.51. The van der Waals surface area contributed by atoms with Crippen molar-refractivity contribution < 1.29 is 14.7 Å². The summed E-state index contributed by atoms with van der Waals surface area (Å²) in [5.74, 6) is -0.493. The average molecular weight is 318 g/mol. The van der Waals surface area contributed by atoms with E-state index in [1.54, 1.807) is 0 Å². The Hall–Kier alpha value is -1.88. The highest BCUT2D eigenvalue weighted by Crippen LogP contribution is 2.29. The van der Waals surface area contributed by atoms with E-state index in [4.69, 9.17) is 0 Å². The van der Waals surface area contributed by atoms with Gasteiger partial charge in [-0.05, 0) is 57.2 Å². The van der Waals surface area contributed by atoms with Gasteiger partial charge in [-0.15, -0.1) is 0 Å². The number of amides is 2. The molecule has 0 radical (unpaired) electrons. The van der Waals surface area contributed by atoms with Gasteiger partial charge in [-0.25, -0.2) is 0 Å². The molecule has 0 spiro atoms. The monoisotopic (exact) mass is 318 g/mol. The fourth-order valence-electron chi connectivity index (χ4n) is 2.80. The Balaban J connectivity index is 2.00. The SMILES string of the molecule is Cc1cc(C)c(CNC(=O)[C@@H](NC(=O)C2CC2)[C@@H](C)O)c(C)c1. The zero-order chi connectivity index (χ0) is 17.1. The summed E-state index contributed by atoms with van der Waals surface area (Å²) in [6, 6.07) is 3.25. The molecule has 2 rings (SSSR count). The van der Waals surface area contributed by atoms with Crippen molar-refractivity contribution in [2.24, 2.45) is 5.92 Å². The number of rotatable bonds is 6. The van der Waals surface area contributed by atoms with Gasteiger partial charge in [0.05, 0.1) is 6.10 Å². The normalized spacial score (nSPS) is 16.6. The quantitative estimate of drug-likeness (QED) is 0.744. The van der Waals surface area contributed by atoms with Gasteiger partial charge in [-0.2, -0.15) is 0 Å². The second kappa shape index (κ2) is 7.13. The number of hydrogen-bond donors (Lipinski definition) is 3. The molecule has 126 valence electrons. The van der Waals surface area contributed by atoms with Crippen LogP contribution in [0.5, 0.6) is 0 Å². The molecule has 0 heterocycles. The maximum atomic E-state index is 12.3. The number of hydrogen-bond acceptors (Lipinski definition) is 3. The van der Waals surface area contributed by atoms with E-state index in [-0.39, 0.29) is 17.7 Å². The Morgan fingerprint density at radius 1 is 1.22 bits per heavy atom. The highest BCUT2D eigenvalue weighted by atomic mass is 16.3. The number of carbonyl (C=O) groups is 2. The van der Waals surface area contributed by atoms with Crippen LogP contribution in [-0.2, 0) is 16.1 Å². The first-order valence-electron chi connectivity index (χ1n) is 8.12. The van der Waals surface area contributed by atoms with Crippen molar-refractivity contribution in [2.45, 2.75) is 59.2 Å². The Morgan fingerprint density at radius 3 is 2.26 bits per heavy atom. The summed E-state index contributed by atoms with van der Waals surface area (Å²) in [5, 5.41) is 15.3. The van der Waals surface area contributed by atoms with Crippen molar-refractivity contribution in [2.75, 3.05) is 0 Å². The van der Waals surface area contributed by atoms with E-state index in [1.165, 1.54) is 12.5 Å². The van der Waals surface area contributed by atoms with Crippen molar-refractivity contribution in [3.8, 4) is 0 Å². The standard InChI is InChI=1S/C18H26N2O3/c1-10-7-11(2)15(12(3)8-10)9-19-18(23)16(13(4)21)20-17(22)14-5-6-14/h7-8,13-14,16,21H,5-6,9H2,1-4H3,(H,19,23)(H,20,22)/t13-,16+/m1/s1. The molecular formula is C18H26N2O3. The molecule has 2 atom stereocenters. The van der Waals surface area contributed by atoms with Gasteiger partial charge in [0.25, 0.3) is 0 Å². The lowest BCUT2D eigenvalue weighted by Crippen LogP contribution is -2.52. The lowest BCUT2D eigenvalue weighted by Gasteiger charge is -2.21. The smallest absolute Gasteiger partial charge is 0.245 e. The van der Waals surface area contributed by atoms with Crippen LogP contribution in [0.2, 0.25) is 0 Å². The topological polar surface area (TPSA) is 78.4 Å². The molecule has 1 aliphatic rings. The van der Waals surface area contributed by atoms with Gasteiger partial charge >= 0.3 is 0 Å². The summed E-state index contributed by atoms with van der Waals surface area (Å²) < 4.78 is 0. The Kier molecular flexibility index (Phi) is 5.42. The second-order valence-corrected chi connectivity index (χ2v) is 6.60. The first-order chi connectivity index (χ1) is 10.8. The van der Waals surface area contributed by atoms with E-state index in [9.17, 15) is 14.7 Å². The molecule has 3 N–H and O–H groups in total. The molecular weight excluding hydrogens is 292 g/mol. The van der Waals surface area contributed by atoms with Crippen molar-refractivity contribution in [3.63, 3.8) is 0 Å². The van der Waals surface area contributed by atoms with Gasteiger partial charge in [-0.1, -0.05) is 17.7 Å². The number of carbonyl (C=O) groups excluding carboxylic acids is 2. The van der Waals surface area contributed by atoms with Crippen LogP contribution in [0.15, 0.2) is 12.1 Å². The zero-order valence-corrected chi connectivity index (χ0v) is 14.3. The van der Waals surface area contributed by atoms with Crippen LogP contribution in [0.3, 0.4) is 0 Å². The summed E-state index contributed by atoms with van der Waals surface area (Å²) in [6.45, 7) is 7.98. The van der Waals surface area contributed by atoms with Crippen LogP contribution in [0.25, 0.3) is 0 Å². The molecule has 1 fully saturated rings. The van der Waals surface area contributed by atoms with Crippen molar-refractivity contribution >= 4 is 11.8 Å². The minimum Gasteiger partial charge on any atom is -0.391 e. The predicted octanol–water partition coefficient (Wildman–Crippen LogP) is 1.50. The average Bonchev–Trinajstić information content (AvgIpc) is 3.27. The predicted molar refractivity (Wildman–Crippen MR) is 88.8 cm³/mol. The van der Waals surface area contributed by atoms with E-state index in [0.717, 1.165) is 29.5 Å². The molecule has 1 aromatic carbocycles. The zero-order valence-electron chi connectivity index (χ0n) is 14.3. The Labute approximate surface area is 137 Å². The summed E-state index contributed by atoms with van der Waals surface area (Å²) in [7, 11) is 0. The van der Waals surface area contributed by atoms with Crippen molar-refractivity contribution in [1.29, 1.82) is 0 Å². The Morgan fingerprint density at radius 2 is 1.78 bits per heavy atom. The Bertz CT molecular complexity index is 583. The van der Waals surface area contributed by atoms with Gasteiger partial charge in [0.15, 0.2) is 0 Å². The van der Waals surface area contributed by atoms with Gasteiger partial charge in [0.2, 0.25) is 11.8 Å². The molecule has 0 unspecified atom stereocenters. The first kappa shape index (κ1) is 17.5. The van der Waals surface area contributed by atoms with Gasteiger partial charge < -0.3 is 15.7 Å². The number of aryl methyl sites for hydroxylation is 3. The minimum absolute atomic E-state index is 0.00522. The molecule has 1 aromatic rings. The molecule has 2 amide bonds. The fourth-order valence-corrected chi connectivity index (χ4v) is 2.80. The molecule has 5 nitrogen and oxygen atoms in total. The van der Waals surface area contributed by atoms with Crippen LogP contribution in [0.4, 0.5) is 0 Å². The van der Waals surface area contributed by atoms with E-state index in [1.807, 2.05) is 20.8 Å². The maximum absolute atomic E-state index is 12.3. The van der Waals surface area contributed by atoms with Crippen molar-refractivity contribution in [1.82, 2.24) is 10.6 Å². The van der Waals surface area contributed by atoms with Gasteiger partial charge in [0, 0.05) is 12.5 Å². The lowest BCUT2D eigenvalue weighted by atomic mass is 9.99. The molecule has 23 heavy (non-hydrogen) atoms. The highest BCUT2D eigenvalue weighted by molar-refractivity contribution is 5.89. The molecule has 0 aromatic heterocycles. The lowest BCUT2D eigenvalue weighted by molar-refractivity contribution is -0.132. The van der Waals surface area contributed by atoms with E-state index < -0.39 is 12.1 Å². The molecule has 0 aliphatic heterocycles. The van der Waals surface area contributed by atoms with Crippen LogP contribution in [0, 0.1) is 26.7 Å². The summed E-state index contributed by atoms with van der Waals surface area (Å²) in [4.78, 5) is 24.2. The molecule has 1 aliphatic carbocycles. The third-order valence-corrected chi connectivity index (χ3v) is 4.29. The summed E-state index contributed by atoms with van der Waals surface area (Å²) >= 11 is 0. The second-order valence-electron chi connectivity index (χ2n) is 6.60. The molecule has 0 saturated heterocycles. The van der Waals surface area contributed by atoms with E-state index >= 15 is 0 Å². The third kappa shape index (κ3) is 4.55. The summed E-state index contributed by atoms with van der Waals surface area (Å²) in [6.07, 6.45) is 0.793. The van der Waals surface area contributed by atoms with Crippen LogP contribution in [-0.4, -0.2) is 29.1 Å². The molecule has 5 heteroatoms. The maximum Gasteiger partial charge on any atom is 0.245 e. The van der Waals surface area contributed by atoms with E-state index in [0.29, 0.717) is 6.54 Å². The number of aliphatic hydroxyl groups excluding tert-OH is 1. The van der Waals surface area contributed by atoms with Crippen molar-refractivity contribution in [3.05, 3.63) is 34.4 Å². The third-order valence-electron chi connectivity index (χ3n) is 4.29. The largest absolute Gasteiger partial charge is 0.391 e. The number of benzene rings is 1. The number of aliphatic hydroxyl groups is 1. The van der Waals surface area contributed by atoms with Crippen LogP contribution < -0.4 is 10.6 Å². The molecule has 0 bridgehead atoms. The van der Waals surface area contributed by atoms with Gasteiger partial charge in [0.1, 0.15) is 6.04 Å². The molecule has 1 saturated carbocycles. The van der Waals surface area contributed by atoms with Crippen LogP contribution >= 0.6 is 0 Å². The van der Waals surface area contributed by atoms with Crippen LogP contribution in [0.1, 0.15) is 42.0 Å². The highest BCUT2D eigenvalue weighted by Gasteiger charge is 2.34. The minimum atomic E-state index is -0.932. The van der Waals surface area contributed by atoms with Gasteiger partial charge in [-0.3, -0.25) is 9.59 Å².